The number of hydrogen-bond acceptors (Lipinski definition) is 6. The summed E-state index contributed by atoms with van der Waals surface area (Å²) in [7, 11) is 0. The molecule has 32 heavy (non-hydrogen) atoms. The molecule has 3 heterocycles. The Morgan fingerprint density at radius 3 is 2.75 bits per heavy atom. The van der Waals surface area contributed by atoms with Crippen LogP contribution in [0.15, 0.2) is 59.9 Å². The van der Waals surface area contributed by atoms with E-state index in [4.69, 9.17) is 16.6 Å². The van der Waals surface area contributed by atoms with Crippen molar-refractivity contribution in [2.45, 2.75) is 36.6 Å². The molecule has 1 aromatic carbocycles. The molecule has 1 fully saturated rings. The summed E-state index contributed by atoms with van der Waals surface area (Å²) in [6, 6.07) is 15.3. The van der Waals surface area contributed by atoms with Gasteiger partial charge in [-0.1, -0.05) is 41.6 Å². The number of carbonyl (C=O) groups excluding carboxylic acids is 1. The number of piperidine rings is 1. The summed E-state index contributed by atoms with van der Waals surface area (Å²) in [5, 5.41) is 4.08. The maximum absolute atomic E-state index is 12.5. The number of amides is 1. The van der Waals surface area contributed by atoms with Gasteiger partial charge in [-0.2, -0.15) is 0 Å². The van der Waals surface area contributed by atoms with Gasteiger partial charge in [0.25, 0.3) is 5.91 Å². The Bertz CT molecular complexity index is 1040. The van der Waals surface area contributed by atoms with Crippen LogP contribution >= 0.6 is 23.4 Å². The van der Waals surface area contributed by atoms with E-state index in [2.05, 4.69) is 20.2 Å². The smallest absolute Gasteiger partial charge is 0.251 e. The van der Waals surface area contributed by atoms with E-state index in [1.807, 2.05) is 48.5 Å². The fourth-order valence-corrected chi connectivity index (χ4v) is 4.66. The van der Waals surface area contributed by atoms with Crippen LogP contribution in [-0.4, -0.2) is 40.5 Å². The minimum absolute atomic E-state index is 0.0841. The van der Waals surface area contributed by atoms with Crippen molar-refractivity contribution < 1.29 is 4.79 Å². The second-order valence-corrected chi connectivity index (χ2v) is 9.02. The number of carbonyl (C=O) groups is 1. The third-order valence-electron chi connectivity index (χ3n) is 5.29. The largest absolute Gasteiger partial charge is 0.356 e. The van der Waals surface area contributed by atoms with E-state index in [1.165, 1.54) is 31.0 Å². The lowest BCUT2D eigenvalue weighted by Gasteiger charge is -2.27. The second kappa shape index (κ2) is 11.3. The first-order chi connectivity index (χ1) is 15.7. The van der Waals surface area contributed by atoms with Gasteiger partial charge in [-0.05, 0) is 49.1 Å². The van der Waals surface area contributed by atoms with Gasteiger partial charge >= 0.3 is 0 Å². The van der Waals surface area contributed by atoms with E-state index in [0.29, 0.717) is 34.6 Å². The third-order valence-corrected chi connectivity index (χ3v) is 6.40. The van der Waals surface area contributed by atoms with Gasteiger partial charge < -0.3 is 10.2 Å². The summed E-state index contributed by atoms with van der Waals surface area (Å²) >= 11 is 7.79. The van der Waals surface area contributed by atoms with Crippen LogP contribution in [0.1, 0.15) is 40.9 Å². The van der Waals surface area contributed by atoms with Gasteiger partial charge in [0.05, 0.1) is 0 Å². The minimum atomic E-state index is -0.0841. The number of aromatic nitrogens is 3. The normalized spacial score (nSPS) is 13.7. The molecule has 0 atom stereocenters. The molecule has 0 saturated carbocycles. The number of nitrogens with one attached hydrogen (secondary N) is 1. The van der Waals surface area contributed by atoms with E-state index in [1.54, 1.807) is 6.20 Å². The zero-order valence-electron chi connectivity index (χ0n) is 17.8. The van der Waals surface area contributed by atoms with E-state index >= 15 is 0 Å². The van der Waals surface area contributed by atoms with Crippen molar-refractivity contribution in [2.24, 2.45) is 0 Å². The Balaban J connectivity index is 1.33. The van der Waals surface area contributed by atoms with E-state index < -0.39 is 0 Å². The summed E-state index contributed by atoms with van der Waals surface area (Å²) in [6.07, 6.45) is 6.09. The molecule has 1 aliphatic heterocycles. The number of nitrogens with zero attached hydrogens (tertiary/aromatic N) is 4. The number of pyridine rings is 1. The third kappa shape index (κ3) is 6.43. The maximum atomic E-state index is 12.5. The minimum Gasteiger partial charge on any atom is -0.356 e. The van der Waals surface area contributed by atoms with Crippen LogP contribution in [0.25, 0.3) is 0 Å². The topological polar surface area (TPSA) is 71.0 Å². The number of thioether (sulfide) groups is 1. The molecular formula is C24H26ClN5OS. The predicted molar refractivity (Wildman–Crippen MR) is 129 cm³/mol. The molecule has 166 valence electrons. The highest BCUT2D eigenvalue weighted by Gasteiger charge is 2.15. The zero-order chi connectivity index (χ0) is 22.2. The molecule has 2 aromatic heterocycles. The molecular weight excluding hydrogens is 442 g/mol. The first-order valence-corrected chi connectivity index (χ1v) is 12.2. The average molecular weight is 468 g/mol. The number of hydrogen-bond donors (Lipinski definition) is 1. The Morgan fingerprint density at radius 1 is 1.06 bits per heavy atom. The van der Waals surface area contributed by atoms with Crippen molar-refractivity contribution in [1.29, 1.82) is 0 Å². The molecule has 4 rings (SSSR count). The Hall–Kier alpha value is -2.64. The van der Waals surface area contributed by atoms with Crippen molar-refractivity contribution >= 4 is 35.1 Å². The van der Waals surface area contributed by atoms with Crippen LogP contribution in [0.5, 0.6) is 0 Å². The summed E-state index contributed by atoms with van der Waals surface area (Å²) < 4.78 is 0. The lowest BCUT2D eigenvalue weighted by molar-refractivity contribution is 0.0954. The molecule has 8 heteroatoms. The zero-order valence-corrected chi connectivity index (χ0v) is 19.4. The maximum Gasteiger partial charge on any atom is 0.251 e. The van der Waals surface area contributed by atoms with Gasteiger partial charge in [-0.3, -0.25) is 9.78 Å². The molecule has 0 aliphatic carbocycles. The standard InChI is InChI=1S/C24H26ClN5OS/c25-21-16-22(30-13-4-1-5-14-30)29-24(28-21)32-17-18-7-6-8-19(15-18)23(31)27-12-10-20-9-2-3-11-26-20/h2-3,6-9,11,15-16H,1,4-5,10,12-14,17H2,(H,27,31). The van der Waals surface area contributed by atoms with Crippen LogP contribution in [0.3, 0.4) is 0 Å². The summed E-state index contributed by atoms with van der Waals surface area (Å²) in [6.45, 7) is 2.56. The van der Waals surface area contributed by atoms with Gasteiger partial charge in [0.1, 0.15) is 11.0 Å². The van der Waals surface area contributed by atoms with Crippen molar-refractivity contribution in [3.63, 3.8) is 0 Å². The molecule has 0 bridgehead atoms. The summed E-state index contributed by atoms with van der Waals surface area (Å²) in [5.41, 5.74) is 2.64. The van der Waals surface area contributed by atoms with Crippen LogP contribution in [0, 0.1) is 0 Å². The first kappa shape index (κ1) is 22.6. The predicted octanol–water partition coefficient (Wildman–Crippen LogP) is 4.78. The summed E-state index contributed by atoms with van der Waals surface area (Å²) in [4.78, 5) is 28.2. The van der Waals surface area contributed by atoms with Crippen LogP contribution in [0.4, 0.5) is 5.82 Å². The van der Waals surface area contributed by atoms with E-state index in [9.17, 15) is 4.79 Å². The Labute approximate surface area is 197 Å². The second-order valence-electron chi connectivity index (χ2n) is 7.70. The summed E-state index contributed by atoms with van der Waals surface area (Å²) in [5.74, 6) is 1.47. The van der Waals surface area contributed by atoms with E-state index in [-0.39, 0.29) is 5.91 Å². The molecule has 0 radical (unpaired) electrons. The Kier molecular flexibility index (Phi) is 7.96. The fourth-order valence-electron chi connectivity index (χ4n) is 3.64. The van der Waals surface area contributed by atoms with Crippen molar-refractivity contribution in [2.75, 3.05) is 24.5 Å². The number of rotatable bonds is 8. The lowest BCUT2D eigenvalue weighted by Crippen LogP contribution is -2.30. The highest BCUT2D eigenvalue weighted by Crippen LogP contribution is 2.26. The molecule has 1 saturated heterocycles. The van der Waals surface area contributed by atoms with E-state index in [0.717, 1.165) is 30.2 Å². The first-order valence-electron chi connectivity index (χ1n) is 10.9. The average Bonchev–Trinajstić information content (AvgIpc) is 2.84. The van der Waals surface area contributed by atoms with Crippen molar-refractivity contribution in [3.05, 3.63) is 76.7 Å². The molecule has 6 nitrogen and oxygen atoms in total. The molecule has 0 unspecified atom stereocenters. The number of halogens is 1. The van der Waals surface area contributed by atoms with Gasteiger partial charge in [-0.15, -0.1) is 0 Å². The quantitative estimate of drug-likeness (QED) is 0.292. The highest BCUT2D eigenvalue weighted by atomic mass is 35.5. The van der Waals surface area contributed by atoms with Gasteiger partial charge in [0.2, 0.25) is 0 Å². The molecule has 1 N–H and O–H groups in total. The number of benzene rings is 1. The Morgan fingerprint density at radius 2 is 1.94 bits per heavy atom. The SMILES string of the molecule is O=C(NCCc1ccccn1)c1cccc(CSc2nc(Cl)cc(N3CCCCC3)n2)c1. The van der Waals surface area contributed by atoms with Crippen LogP contribution in [-0.2, 0) is 12.2 Å². The van der Waals surface area contributed by atoms with Crippen molar-refractivity contribution in [1.82, 2.24) is 20.3 Å². The highest BCUT2D eigenvalue weighted by molar-refractivity contribution is 7.98. The van der Waals surface area contributed by atoms with Gasteiger partial charge in [0.15, 0.2) is 5.16 Å². The number of anilines is 1. The van der Waals surface area contributed by atoms with Crippen LogP contribution < -0.4 is 10.2 Å². The molecule has 0 spiro atoms. The molecule has 3 aromatic rings. The molecule has 1 aliphatic rings. The molecule has 1 amide bonds. The van der Waals surface area contributed by atoms with Crippen molar-refractivity contribution in [3.8, 4) is 0 Å². The van der Waals surface area contributed by atoms with Crippen LogP contribution in [0.2, 0.25) is 5.15 Å². The fraction of sp³-hybridized carbons (Fsp3) is 0.333. The van der Waals surface area contributed by atoms with Gasteiger partial charge in [-0.25, -0.2) is 9.97 Å². The lowest BCUT2D eigenvalue weighted by atomic mass is 10.1. The van der Waals surface area contributed by atoms with Gasteiger partial charge in [0, 0.05) is 55.3 Å². The monoisotopic (exact) mass is 467 g/mol.